The zero-order valence-electron chi connectivity index (χ0n) is 14.2. The van der Waals surface area contributed by atoms with Gasteiger partial charge >= 0.3 is 0 Å². The number of carbonyl (C=O) groups excluding carboxylic acids is 1. The Morgan fingerprint density at radius 2 is 2.28 bits per heavy atom. The lowest BCUT2D eigenvalue weighted by Gasteiger charge is -2.34. The van der Waals surface area contributed by atoms with Crippen LogP contribution in [0.2, 0.25) is 0 Å². The summed E-state index contributed by atoms with van der Waals surface area (Å²) in [6.07, 6.45) is 1.80. The maximum Gasteiger partial charge on any atom is 0.230 e. The van der Waals surface area contributed by atoms with Gasteiger partial charge < -0.3 is 10.1 Å². The largest absolute Gasteiger partial charge is 0.379 e. The van der Waals surface area contributed by atoms with Crippen molar-refractivity contribution < 1.29 is 9.53 Å². The van der Waals surface area contributed by atoms with Gasteiger partial charge in [-0.2, -0.15) is 0 Å². The molecule has 6 nitrogen and oxygen atoms in total. The molecule has 8 heteroatoms. The number of thiazole rings is 1. The van der Waals surface area contributed by atoms with Crippen molar-refractivity contribution in [3.8, 4) is 0 Å². The minimum Gasteiger partial charge on any atom is -0.379 e. The van der Waals surface area contributed by atoms with Crippen LogP contribution in [0.4, 0.5) is 0 Å². The summed E-state index contributed by atoms with van der Waals surface area (Å²) in [5, 5.41) is 5.05. The Balaban J connectivity index is 1.55. The lowest BCUT2D eigenvalue weighted by atomic mass is 10.1. The number of nitrogens with zero attached hydrogens (tertiary/aromatic N) is 3. The molecule has 1 fully saturated rings. The number of carbonyl (C=O) groups is 1. The van der Waals surface area contributed by atoms with Crippen molar-refractivity contribution in [3.05, 3.63) is 41.2 Å². The summed E-state index contributed by atoms with van der Waals surface area (Å²) in [5.41, 5.74) is 1.98. The molecule has 1 N–H and O–H groups in total. The number of hydrogen-bond acceptors (Lipinski definition) is 7. The third-order valence-electron chi connectivity index (χ3n) is 3.93. The second-order valence-corrected chi connectivity index (χ2v) is 7.85. The molecule has 1 atom stereocenters. The van der Waals surface area contributed by atoms with Gasteiger partial charge in [-0.15, -0.1) is 11.3 Å². The molecule has 0 aromatic carbocycles. The van der Waals surface area contributed by atoms with E-state index in [1.807, 2.05) is 30.5 Å². The Morgan fingerprint density at radius 3 is 2.96 bits per heavy atom. The quantitative estimate of drug-likeness (QED) is 0.745. The van der Waals surface area contributed by atoms with Crippen LogP contribution in [-0.4, -0.2) is 59.4 Å². The highest BCUT2D eigenvalue weighted by atomic mass is 32.2. The molecule has 0 bridgehead atoms. The van der Waals surface area contributed by atoms with E-state index >= 15 is 0 Å². The van der Waals surface area contributed by atoms with Gasteiger partial charge in [0.15, 0.2) is 4.34 Å². The normalized spacial score (nSPS) is 16.5. The van der Waals surface area contributed by atoms with E-state index in [0.717, 1.165) is 42.0 Å². The molecule has 25 heavy (non-hydrogen) atoms. The number of ether oxygens (including phenoxy) is 1. The van der Waals surface area contributed by atoms with Crippen LogP contribution in [0.1, 0.15) is 17.4 Å². The summed E-state index contributed by atoms with van der Waals surface area (Å²) in [4.78, 5) is 23.4. The fraction of sp³-hybridized carbons (Fsp3) is 0.471. The maximum atomic E-state index is 12.2. The minimum atomic E-state index is 0.0204. The fourth-order valence-corrected chi connectivity index (χ4v) is 4.35. The summed E-state index contributed by atoms with van der Waals surface area (Å²) >= 11 is 3.05. The Bertz CT molecular complexity index is 674. The molecule has 1 aliphatic rings. The van der Waals surface area contributed by atoms with Crippen LogP contribution in [0.15, 0.2) is 34.1 Å². The van der Waals surface area contributed by atoms with Crippen molar-refractivity contribution in [3.63, 3.8) is 0 Å². The van der Waals surface area contributed by atoms with Gasteiger partial charge in [0.2, 0.25) is 5.91 Å². The first-order valence-electron chi connectivity index (χ1n) is 8.27. The van der Waals surface area contributed by atoms with E-state index in [0.29, 0.717) is 12.3 Å². The maximum absolute atomic E-state index is 12.2. The smallest absolute Gasteiger partial charge is 0.230 e. The first kappa shape index (κ1) is 18.3. The first-order chi connectivity index (χ1) is 12.2. The summed E-state index contributed by atoms with van der Waals surface area (Å²) < 4.78 is 6.37. The van der Waals surface area contributed by atoms with Gasteiger partial charge in [0.1, 0.15) is 0 Å². The third-order valence-corrected chi connectivity index (χ3v) is 6.07. The van der Waals surface area contributed by atoms with Crippen LogP contribution in [0.5, 0.6) is 0 Å². The lowest BCUT2D eigenvalue weighted by molar-refractivity contribution is -0.118. The molecule has 0 unspecified atom stereocenters. The van der Waals surface area contributed by atoms with E-state index in [1.54, 1.807) is 17.5 Å². The van der Waals surface area contributed by atoms with Crippen LogP contribution < -0.4 is 5.32 Å². The Kier molecular flexibility index (Phi) is 6.80. The summed E-state index contributed by atoms with van der Waals surface area (Å²) in [6, 6.07) is 5.98. The summed E-state index contributed by atoms with van der Waals surface area (Å²) in [6.45, 7) is 5.65. The van der Waals surface area contributed by atoms with E-state index in [4.69, 9.17) is 4.74 Å². The Labute approximate surface area is 156 Å². The van der Waals surface area contributed by atoms with Crippen LogP contribution in [0.3, 0.4) is 0 Å². The molecule has 0 spiro atoms. The highest BCUT2D eigenvalue weighted by Crippen LogP contribution is 2.22. The fourth-order valence-electron chi connectivity index (χ4n) is 2.67. The molecule has 1 saturated heterocycles. The topological polar surface area (TPSA) is 67.4 Å². The second kappa shape index (κ2) is 9.28. The van der Waals surface area contributed by atoms with Gasteiger partial charge in [-0.25, -0.2) is 4.98 Å². The number of rotatable bonds is 7. The van der Waals surface area contributed by atoms with Crippen LogP contribution in [0, 0.1) is 6.92 Å². The highest BCUT2D eigenvalue weighted by molar-refractivity contribution is 8.01. The molecule has 0 radical (unpaired) electrons. The van der Waals surface area contributed by atoms with Crippen molar-refractivity contribution in [2.24, 2.45) is 0 Å². The van der Waals surface area contributed by atoms with E-state index < -0.39 is 0 Å². The summed E-state index contributed by atoms with van der Waals surface area (Å²) in [7, 11) is 0. The SMILES string of the molecule is Cc1csc(SCC(=O)NC[C@@H](c2ccccn2)N2CCOCC2)n1. The Hall–Kier alpha value is -1.48. The number of nitrogens with one attached hydrogen (secondary N) is 1. The third kappa shape index (κ3) is 5.50. The van der Waals surface area contributed by atoms with Crippen molar-refractivity contribution in [1.82, 2.24) is 20.2 Å². The molecule has 2 aromatic heterocycles. The van der Waals surface area contributed by atoms with Gasteiger partial charge in [-0.3, -0.25) is 14.7 Å². The molecule has 2 aromatic rings. The minimum absolute atomic E-state index is 0.0204. The predicted octanol–water partition coefficient (Wildman–Crippen LogP) is 2.13. The van der Waals surface area contributed by atoms with Gasteiger partial charge in [-0.1, -0.05) is 17.8 Å². The van der Waals surface area contributed by atoms with Crippen LogP contribution in [0.25, 0.3) is 0 Å². The molecule has 0 saturated carbocycles. The van der Waals surface area contributed by atoms with Crippen molar-refractivity contribution in [2.75, 3.05) is 38.6 Å². The van der Waals surface area contributed by atoms with Gasteiger partial charge in [0, 0.05) is 36.9 Å². The number of hydrogen-bond donors (Lipinski definition) is 1. The average Bonchev–Trinajstić information content (AvgIpc) is 3.07. The number of aromatic nitrogens is 2. The average molecular weight is 379 g/mol. The standard InChI is InChI=1S/C17H22N4O2S2/c1-13-11-24-17(20-13)25-12-16(22)19-10-15(14-4-2-3-5-18-14)21-6-8-23-9-7-21/h2-5,11,15H,6-10,12H2,1H3,(H,19,22)/t15-/m0/s1. The lowest BCUT2D eigenvalue weighted by Crippen LogP contribution is -2.44. The van der Waals surface area contributed by atoms with E-state index in [9.17, 15) is 4.79 Å². The molecular formula is C17H22N4O2S2. The molecule has 3 heterocycles. The molecule has 0 aliphatic carbocycles. The number of amides is 1. The second-order valence-electron chi connectivity index (χ2n) is 5.77. The van der Waals surface area contributed by atoms with Crippen molar-refractivity contribution in [2.45, 2.75) is 17.3 Å². The van der Waals surface area contributed by atoms with Gasteiger partial charge in [0.25, 0.3) is 0 Å². The highest BCUT2D eigenvalue weighted by Gasteiger charge is 2.24. The van der Waals surface area contributed by atoms with E-state index in [1.165, 1.54) is 11.8 Å². The van der Waals surface area contributed by atoms with E-state index in [-0.39, 0.29) is 11.9 Å². The molecule has 134 valence electrons. The molecular weight excluding hydrogens is 356 g/mol. The summed E-state index contributed by atoms with van der Waals surface area (Å²) in [5.74, 6) is 0.400. The van der Waals surface area contributed by atoms with Gasteiger partial charge in [-0.05, 0) is 19.1 Å². The predicted molar refractivity (Wildman–Crippen MR) is 100.0 cm³/mol. The molecule has 1 amide bonds. The van der Waals surface area contributed by atoms with Crippen LogP contribution in [-0.2, 0) is 9.53 Å². The first-order valence-corrected chi connectivity index (χ1v) is 10.1. The zero-order chi connectivity index (χ0) is 17.5. The number of aryl methyl sites for hydroxylation is 1. The molecule has 3 rings (SSSR count). The number of morpholine rings is 1. The van der Waals surface area contributed by atoms with Crippen molar-refractivity contribution in [1.29, 1.82) is 0 Å². The monoisotopic (exact) mass is 378 g/mol. The number of thioether (sulfide) groups is 1. The number of pyridine rings is 1. The van der Waals surface area contributed by atoms with Crippen molar-refractivity contribution >= 4 is 29.0 Å². The zero-order valence-corrected chi connectivity index (χ0v) is 15.8. The van der Waals surface area contributed by atoms with E-state index in [2.05, 4.69) is 20.2 Å². The molecule has 1 aliphatic heterocycles. The van der Waals surface area contributed by atoms with Crippen LogP contribution >= 0.6 is 23.1 Å². The Morgan fingerprint density at radius 1 is 1.44 bits per heavy atom. The van der Waals surface area contributed by atoms with Gasteiger partial charge in [0.05, 0.1) is 30.7 Å².